The molecule has 3 heterocycles. The zero-order valence-electron chi connectivity index (χ0n) is 12.2. The van der Waals surface area contributed by atoms with Crippen molar-refractivity contribution in [1.82, 2.24) is 24.8 Å². The molecule has 4 rings (SSSR count). The highest BCUT2D eigenvalue weighted by Crippen LogP contribution is 2.31. The van der Waals surface area contributed by atoms with Gasteiger partial charge in [-0.15, -0.1) is 10.2 Å². The van der Waals surface area contributed by atoms with Gasteiger partial charge in [-0.3, -0.25) is 19.6 Å². The van der Waals surface area contributed by atoms with Crippen molar-refractivity contribution in [3.8, 4) is 0 Å². The van der Waals surface area contributed by atoms with Crippen LogP contribution in [0.1, 0.15) is 35.6 Å². The van der Waals surface area contributed by atoms with Crippen LogP contribution in [0.2, 0.25) is 0 Å². The number of aromatic nitrogens is 5. The van der Waals surface area contributed by atoms with Gasteiger partial charge in [0, 0.05) is 17.5 Å². The number of hydrogen-bond acceptors (Lipinski definition) is 4. The van der Waals surface area contributed by atoms with Gasteiger partial charge < -0.3 is 0 Å². The number of carbonyl (C=O) groups excluding carboxylic acids is 1. The van der Waals surface area contributed by atoms with E-state index >= 15 is 0 Å². The Kier molecular flexibility index (Phi) is 2.92. The Morgan fingerprint density at radius 3 is 3.27 bits per heavy atom. The monoisotopic (exact) mass is 296 g/mol. The number of anilines is 1. The molecule has 3 aromatic heterocycles. The second kappa shape index (κ2) is 4.94. The lowest BCUT2D eigenvalue weighted by molar-refractivity contribution is -0.117. The molecule has 1 amide bonds. The van der Waals surface area contributed by atoms with Crippen molar-refractivity contribution in [1.29, 1.82) is 0 Å². The van der Waals surface area contributed by atoms with Crippen LogP contribution in [-0.4, -0.2) is 30.7 Å². The summed E-state index contributed by atoms with van der Waals surface area (Å²) in [6, 6.07) is 3.89. The van der Waals surface area contributed by atoms with Crippen LogP contribution >= 0.6 is 0 Å². The molecule has 0 saturated carbocycles. The van der Waals surface area contributed by atoms with E-state index in [2.05, 4.69) is 25.7 Å². The van der Waals surface area contributed by atoms with Crippen LogP contribution in [0.3, 0.4) is 0 Å². The second-order valence-corrected chi connectivity index (χ2v) is 5.69. The van der Waals surface area contributed by atoms with Crippen LogP contribution in [0, 0.1) is 6.92 Å². The lowest BCUT2D eigenvalue weighted by atomic mass is 9.86. The third-order valence-electron chi connectivity index (χ3n) is 4.16. The maximum atomic E-state index is 12.6. The van der Waals surface area contributed by atoms with E-state index in [-0.39, 0.29) is 11.8 Å². The molecule has 0 unspecified atom stereocenters. The molecule has 0 fully saturated rings. The number of hydrogen-bond donors (Lipinski definition) is 2. The van der Waals surface area contributed by atoms with Gasteiger partial charge in [-0.05, 0) is 43.9 Å². The summed E-state index contributed by atoms with van der Waals surface area (Å²) in [5.74, 6) is 0.216. The summed E-state index contributed by atoms with van der Waals surface area (Å²) in [6.45, 7) is 2.00. The van der Waals surface area contributed by atoms with Crippen molar-refractivity contribution >= 4 is 17.5 Å². The summed E-state index contributed by atoms with van der Waals surface area (Å²) < 4.78 is 1.78. The van der Waals surface area contributed by atoms with Crippen molar-refractivity contribution in [3.63, 3.8) is 0 Å². The highest BCUT2D eigenvalue weighted by Gasteiger charge is 2.28. The minimum absolute atomic E-state index is 0.0581. The number of nitrogens with one attached hydrogen (secondary N) is 2. The number of fused-ring (bicyclic) bond motifs is 2. The van der Waals surface area contributed by atoms with E-state index < -0.39 is 0 Å². The van der Waals surface area contributed by atoms with Crippen LogP contribution < -0.4 is 5.32 Å². The molecule has 7 nitrogen and oxygen atoms in total. The average molecular weight is 296 g/mol. The van der Waals surface area contributed by atoms with Crippen LogP contribution in [0.15, 0.2) is 24.5 Å². The largest absolute Gasteiger partial charge is 0.294 e. The third kappa shape index (κ3) is 2.05. The van der Waals surface area contributed by atoms with E-state index in [0.29, 0.717) is 5.95 Å². The number of amides is 1. The smallest absolute Gasteiger partial charge is 0.235 e. The Bertz CT molecular complexity index is 849. The van der Waals surface area contributed by atoms with Gasteiger partial charge in [-0.1, -0.05) is 0 Å². The van der Waals surface area contributed by atoms with E-state index in [1.54, 1.807) is 10.6 Å². The van der Waals surface area contributed by atoms with Gasteiger partial charge in [0.15, 0.2) is 5.65 Å². The van der Waals surface area contributed by atoms with Gasteiger partial charge in [0.05, 0.1) is 12.1 Å². The maximum absolute atomic E-state index is 12.6. The fraction of sp³-hybridized carbons (Fsp3) is 0.333. The van der Waals surface area contributed by atoms with Crippen LogP contribution in [0.5, 0.6) is 0 Å². The number of nitrogens with zero attached hydrogens (tertiary/aromatic N) is 4. The lowest BCUT2D eigenvalue weighted by Crippen LogP contribution is -2.25. The summed E-state index contributed by atoms with van der Waals surface area (Å²) >= 11 is 0. The SMILES string of the molecule is Cc1ccn2c(NC(=O)[C@@H]3CCCc4[nH]ncc43)nnc2c1. The van der Waals surface area contributed by atoms with Crippen molar-refractivity contribution in [2.75, 3.05) is 5.32 Å². The van der Waals surface area contributed by atoms with E-state index in [4.69, 9.17) is 0 Å². The molecule has 0 spiro atoms. The Labute approximate surface area is 126 Å². The molecule has 1 atom stereocenters. The minimum Gasteiger partial charge on any atom is -0.294 e. The first kappa shape index (κ1) is 13.0. The van der Waals surface area contributed by atoms with E-state index in [0.717, 1.165) is 41.7 Å². The summed E-state index contributed by atoms with van der Waals surface area (Å²) in [6.07, 6.45) is 6.38. The molecule has 2 N–H and O–H groups in total. The molecular formula is C15H16N6O. The Balaban J connectivity index is 1.62. The molecule has 7 heteroatoms. The van der Waals surface area contributed by atoms with Gasteiger partial charge in [-0.25, -0.2) is 0 Å². The van der Waals surface area contributed by atoms with Gasteiger partial charge in [0.25, 0.3) is 0 Å². The predicted octanol–water partition coefficient (Wildman–Crippen LogP) is 1.82. The zero-order valence-corrected chi connectivity index (χ0v) is 12.2. The molecule has 0 bridgehead atoms. The molecule has 0 aliphatic heterocycles. The van der Waals surface area contributed by atoms with Crippen LogP contribution in [-0.2, 0) is 11.2 Å². The van der Waals surface area contributed by atoms with Crippen LogP contribution in [0.4, 0.5) is 5.95 Å². The molecular weight excluding hydrogens is 280 g/mol. The first-order valence-electron chi connectivity index (χ1n) is 7.37. The quantitative estimate of drug-likeness (QED) is 0.755. The maximum Gasteiger partial charge on any atom is 0.235 e. The number of pyridine rings is 1. The molecule has 0 radical (unpaired) electrons. The van der Waals surface area contributed by atoms with Gasteiger partial charge >= 0.3 is 0 Å². The fourth-order valence-corrected chi connectivity index (χ4v) is 3.01. The van der Waals surface area contributed by atoms with Crippen LogP contribution in [0.25, 0.3) is 5.65 Å². The Hall–Kier alpha value is -2.70. The predicted molar refractivity (Wildman–Crippen MR) is 80.6 cm³/mol. The summed E-state index contributed by atoms with van der Waals surface area (Å²) in [7, 11) is 0. The fourth-order valence-electron chi connectivity index (χ4n) is 3.01. The number of H-pyrrole nitrogens is 1. The topological polar surface area (TPSA) is 88.0 Å². The number of aromatic amines is 1. The Morgan fingerprint density at radius 2 is 2.36 bits per heavy atom. The van der Waals surface area contributed by atoms with Gasteiger partial charge in [-0.2, -0.15) is 5.10 Å². The Morgan fingerprint density at radius 1 is 1.45 bits per heavy atom. The molecule has 3 aromatic rings. The highest BCUT2D eigenvalue weighted by molar-refractivity contribution is 5.95. The van der Waals surface area contributed by atoms with Crippen molar-refractivity contribution < 1.29 is 4.79 Å². The third-order valence-corrected chi connectivity index (χ3v) is 4.16. The normalized spacial score (nSPS) is 17.4. The molecule has 1 aliphatic carbocycles. The molecule has 0 saturated heterocycles. The summed E-state index contributed by atoms with van der Waals surface area (Å²) in [4.78, 5) is 12.6. The molecule has 22 heavy (non-hydrogen) atoms. The first-order chi connectivity index (χ1) is 10.7. The van der Waals surface area contributed by atoms with Gasteiger partial charge in [0.1, 0.15) is 0 Å². The lowest BCUT2D eigenvalue weighted by Gasteiger charge is -2.20. The first-order valence-corrected chi connectivity index (χ1v) is 7.37. The number of aryl methyl sites for hydroxylation is 2. The summed E-state index contributed by atoms with van der Waals surface area (Å²) in [5, 5.41) is 18.1. The standard InChI is InChI=1S/C15H16N6O/c1-9-5-6-21-13(7-9)19-20-15(21)17-14(22)10-3-2-4-12-11(10)8-16-18-12/h5-8,10H,2-4H2,1H3,(H,16,18)(H,17,20,22)/t10-/m1/s1. The summed E-state index contributed by atoms with van der Waals surface area (Å²) in [5.41, 5.74) is 3.89. The number of carbonyl (C=O) groups is 1. The van der Waals surface area contributed by atoms with E-state index in [1.165, 1.54) is 0 Å². The molecule has 112 valence electrons. The van der Waals surface area contributed by atoms with E-state index in [1.807, 2.05) is 25.3 Å². The number of rotatable bonds is 2. The second-order valence-electron chi connectivity index (χ2n) is 5.69. The highest BCUT2D eigenvalue weighted by atomic mass is 16.2. The molecule has 0 aromatic carbocycles. The zero-order chi connectivity index (χ0) is 15.1. The molecule has 1 aliphatic rings. The van der Waals surface area contributed by atoms with Gasteiger partial charge in [0.2, 0.25) is 11.9 Å². The van der Waals surface area contributed by atoms with E-state index in [9.17, 15) is 4.79 Å². The van der Waals surface area contributed by atoms with Crippen molar-refractivity contribution in [3.05, 3.63) is 41.3 Å². The van der Waals surface area contributed by atoms with Crippen molar-refractivity contribution in [2.24, 2.45) is 0 Å². The average Bonchev–Trinajstić information content (AvgIpc) is 3.13. The van der Waals surface area contributed by atoms with Crippen molar-refractivity contribution in [2.45, 2.75) is 32.1 Å². The minimum atomic E-state index is -0.180.